The Morgan fingerprint density at radius 1 is 1.15 bits per heavy atom. The average molecular weight is 385 g/mol. The van der Waals surface area contributed by atoms with Crippen molar-refractivity contribution in [3.63, 3.8) is 0 Å². The van der Waals surface area contributed by atoms with Gasteiger partial charge in [-0.05, 0) is 45.4 Å². The molecule has 0 N–H and O–H groups in total. The van der Waals surface area contributed by atoms with E-state index >= 15 is 0 Å². The van der Waals surface area contributed by atoms with E-state index in [1.54, 1.807) is 18.4 Å². The van der Waals surface area contributed by atoms with Gasteiger partial charge in [-0.2, -0.15) is 0 Å². The monoisotopic (exact) mass is 385 g/mol. The molecule has 0 saturated heterocycles. The lowest BCUT2D eigenvalue weighted by Crippen LogP contribution is -2.48. The third-order valence-corrected chi connectivity index (χ3v) is 4.94. The normalized spacial score (nSPS) is 12.7. The minimum absolute atomic E-state index is 0.0223. The van der Waals surface area contributed by atoms with Gasteiger partial charge in [0.05, 0.1) is 11.5 Å². The number of thioether (sulfide) groups is 1. The van der Waals surface area contributed by atoms with E-state index in [4.69, 9.17) is 8.83 Å². The van der Waals surface area contributed by atoms with Crippen LogP contribution in [0, 0.1) is 0 Å². The first-order chi connectivity index (χ1) is 12.8. The summed E-state index contributed by atoms with van der Waals surface area (Å²) < 4.78 is 10.9. The van der Waals surface area contributed by atoms with Gasteiger partial charge in [0.15, 0.2) is 5.76 Å². The van der Waals surface area contributed by atoms with Gasteiger partial charge in [-0.15, -0.1) is 10.2 Å². The second-order valence-corrected chi connectivity index (χ2v) is 8.48. The van der Waals surface area contributed by atoms with Crippen molar-refractivity contribution >= 4 is 17.7 Å². The summed E-state index contributed by atoms with van der Waals surface area (Å²) in [6, 6.07) is 13.5. The molecular weight excluding hydrogens is 362 g/mol. The highest BCUT2D eigenvalue weighted by Crippen LogP contribution is 2.29. The number of amides is 1. The van der Waals surface area contributed by atoms with Crippen LogP contribution in [-0.4, -0.2) is 31.8 Å². The lowest BCUT2D eigenvalue weighted by molar-refractivity contribution is -0.135. The first kappa shape index (κ1) is 19.2. The van der Waals surface area contributed by atoms with Gasteiger partial charge in [0.1, 0.15) is 0 Å². The van der Waals surface area contributed by atoms with Crippen LogP contribution < -0.4 is 0 Å². The van der Waals surface area contributed by atoms with E-state index in [9.17, 15) is 4.79 Å². The van der Waals surface area contributed by atoms with Crippen LogP contribution in [0.15, 0.2) is 62.8 Å². The quantitative estimate of drug-likeness (QED) is 0.576. The van der Waals surface area contributed by atoms with Gasteiger partial charge in [0.2, 0.25) is 5.91 Å². The van der Waals surface area contributed by atoms with E-state index in [-0.39, 0.29) is 16.7 Å². The van der Waals surface area contributed by atoms with Crippen LogP contribution in [0.4, 0.5) is 0 Å². The summed E-state index contributed by atoms with van der Waals surface area (Å²) >= 11 is 1.25. The Labute approximate surface area is 163 Å². The number of benzene rings is 1. The van der Waals surface area contributed by atoms with E-state index < -0.39 is 0 Å². The van der Waals surface area contributed by atoms with Gasteiger partial charge in [-0.1, -0.05) is 42.1 Å². The zero-order valence-corrected chi connectivity index (χ0v) is 16.7. The molecule has 0 aliphatic heterocycles. The predicted molar refractivity (Wildman–Crippen MR) is 104 cm³/mol. The van der Waals surface area contributed by atoms with Crippen molar-refractivity contribution in [2.45, 2.75) is 50.3 Å². The maximum absolute atomic E-state index is 13.1. The van der Waals surface area contributed by atoms with Crippen molar-refractivity contribution in [3.05, 3.63) is 54.3 Å². The van der Waals surface area contributed by atoms with Gasteiger partial charge in [-0.25, -0.2) is 0 Å². The van der Waals surface area contributed by atoms with Gasteiger partial charge in [0, 0.05) is 12.1 Å². The van der Waals surface area contributed by atoms with E-state index in [1.807, 2.05) is 62.9 Å². The highest BCUT2D eigenvalue weighted by atomic mass is 32.2. The minimum atomic E-state index is -0.363. The molecule has 0 saturated carbocycles. The largest absolute Gasteiger partial charge is 0.459 e. The highest BCUT2D eigenvalue weighted by molar-refractivity contribution is 8.00. The minimum Gasteiger partial charge on any atom is -0.459 e. The molecule has 0 aliphatic carbocycles. The molecule has 27 heavy (non-hydrogen) atoms. The molecule has 1 atom stereocenters. The Hall–Kier alpha value is -2.54. The van der Waals surface area contributed by atoms with Crippen molar-refractivity contribution in [3.8, 4) is 11.7 Å². The number of carbonyl (C=O) groups excluding carboxylic acids is 1. The van der Waals surface area contributed by atoms with Crippen molar-refractivity contribution in [2.75, 3.05) is 0 Å². The fourth-order valence-corrected chi connectivity index (χ4v) is 3.34. The number of hydrogen-bond acceptors (Lipinski definition) is 6. The molecule has 0 spiro atoms. The molecule has 2 aromatic heterocycles. The molecule has 1 amide bonds. The summed E-state index contributed by atoms with van der Waals surface area (Å²) in [4.78, 5) is 15.0. The molecule has 3 rings (SSSR count). The number of rotatable bonds is 6. The van der Waals surface area contributed by atoms with Crippen LogP contribution >= 0.6 is 11.8 Å². The third-order valence-electron chi connectivity index (χ3n) is 4.02. The molecule has 0 fully saturated rings. The van der Waals surface area contributed by atoms with E-state index in [0.29, 0.717) is 23.4 Å². The maximum Gasteiger partial charge on any atom is 0.284 e. The second-order valence-electron chi connectivity index (χ2n) is 7.19. The number of carbonyl (C=O) groups is 1. The number of furan rings is 1. The van der Waals surface area contributed by atoms with E-state index in [2.05, 4.69) is 10.2 Å². The van der Waals surface area contributed by atoms with Gasteiger partial charge < -0.3 is 13.7 Å². The van der Waals surface area contributed by atoms with Crippen LogP contribution in [0.3, 0.4) is 0 Å². The van der Waals surface area contributed by atoms with Crippen molar-refractivity contribution < 1.29 is 13.6 Å². The van der Waals surface area contributed by atoms with Gasteiger partial charge in [-0.3, -0.25) is 4.79 Å². The highest BCUT2D eigenvalue weighted by Gasteiger charge is 2.31. The lowest BCUT2D eigenvalue weighted by atomic mass is 10.0. The smallest absolute Gasteiger partial charge is 0.284 e. The summed E-state index contributed by atoms with van der Waals surface area (Å²) in [5.41, 5.74) is 0.784. The Morgan fingerprint density at radius 2 is 1.89 bits per heavy atom. The fraction of sp³-hybridized carbons (Fsp3) is 0.350. The van der Waals surface area contributed by atoms with Gasteiger partial charge in [0.25, 0.3) is 11.1 Å². The Morgan fingerprint density at radius 3 is 2.52 bits per heavy atom. The van der Waals surface area contributed by atoms with Crippen molar-refractivity contribution in [1.82, 2.24) is 15.1 Å². The maximum atomic E-state index is 13.1. The summed E-state index contributed by atoms with van der Waals surface area (Å²) in [7, 11) is 0. The molecular formula is C20H23N3O3S. The first-order valence-electron chi connectivity index (χ1n) is 8.74. The third kappa shape index (κ3) is 4.80. The summed E-state index contributed by atoms with van der Waals surface area (Å²) in [6.45, 7) is 8.51. The van der Waals surface area contributed by atoms with Crippen LogP contribution in [0.2, 0.25) is 0 Å². The average Bonchev–Trinajstić information content (AvgIpc) is 3.30. The predicted octanol–water partition coefficient (Wildman–Crippen LogP) is 4.64. The van der Waals surface area contributed by atoms with Crippen LogP contribution in [0.5, 0.6) is 0 Å². The topological polar surface area (TPSA) is 72.4 Å². The molecule has 0 radical (unpaired) electrons. The van der Waals surface area contributed by atoms with Crippen LogP contribution in [0.25, 0.3) is 11.7 Å². The van der Waals surface area contributed by atoms with E-state index in [1.165, 1.54) is 11.8 Å². The SMILES string of the molecule is C[C@@H](Sc1nnc(-c2ccco2)o1)C(=O)N(Cc1ccccc1)C(C)(C)C. The van der Waals surface area contributed by atoms with Gasteiger partial charge >= 0.3 is 0 Å². The molecule has 6 nitrogen and oxygen atoms in total. The summed E-state index contributed by atoms with van der Waals surface area (Å²) in [5, 5.41) is 7.97. The number of hydrogen-bond donors (Lipinski definition) is 0. The van der Waals surface area contributed by atoms with Crippen molar-refractivity contribution in [2.24, 2.45) is 0 Å². The fourth-order valence-electron chi connectivity index (χ4n) is 2.59. The van der Waals surface area contributed by atoms with Crippen LogP contribution in [0.1, 0.15) is 33.3 Å². The summed E-state index contributed by atoms with van der Waals surface area (Å²) in [6.07, 6.45) is 1.54. The molecule has 0 bridgehead atoms. The molecule has 3 aromatic rings. The lowest BCUT2D eigenvalue weighted by Gasteiger charge is -2.37. The molecule has 0 unspecified atom stereocenters. The zero-order valence-electron chi connectivity index (χ0n) is 15.9. The first-order valence-corrected chi connectivity index (χ1v) is 9.62. The Kier molecular flexibility index (Phi) is 5.70. The molecule has 0 aliphatic rings. The molecule has 2 heterocycles. The van der Waals surface area contributed by atoms with Crippen molar-refractivity contribution in [1.29, 1.82) is 0 Å². The Balaban J connectivity index is 1.71. The number of aromatic nitrogens is 2. The summed E-state index contributed by atoms with van der Waals surface area (Å²) in [5.74, 6) is 0.835. The van der Waals surface area contributed by atoms with E-state index in [0.717, 1.165) is 5.56 Å². The molecule has 7 heteroatoms. The van der Waals surface area contributed by atoms with Crippen LogP contribution in [-0.2, 0) is 11.3 Å². The molecule has 142 valence electrons. The zero-order chi connectivity index (χ0) is 19.4. The molecule has 1 aromatic carbocycles. The number of nitrogens with zero attached hydrogens (tertiary/aromatic N) is 3. The Bertz CT molecular complexity index is 870. The second kappa shape index (κ2) is 8.00. The standard InChI is InChI=1S/C20H23N3O3S/c1-14(27-19-22-21-17(26-19)16-11-8-12-25-16)18(24)23(20(2,3)4)13-15-9-6-5-7-10-15/h5-12,14H,13H2,1-4H3/t14-/m1/s1.